The van der Waals surface area contributed by atoms with Gasteiger partial charge in [-0.1, -0.05) is 24.3 Å². The molecule has 0 aromatic heterocycles. The Hall–Kier alpha value is -0.900. The van der Waals surface area contributed by atoms with Crippen LogP contribution in [0.5, 0.6) is 0 Å². The van der Waals surface area contributed by atoms with Crippen LogP contribution in [-0.4, -0.2) is 37.5 Å². The number of hydrogen-bond donors (Lipinski definition) is 2. The lowest BCUT2D eigenvalue weighted by Crippen LogP contribution is -2.35. The largest absolute Gasteiger partial charge is 0.389 e. The van der Waals surface area contributed by atoms with Crippen molar-refractivity contribution in [3.05, 3.63) is 35.4 Å². The van der Waals surface area contributed by atoms with E-state index in [0.29, 0.717) is 25.7 Å². The average molecular weight is 235 g/mol. The predicted octanol–water partition coefficient (Wildman–Crippen LogP) is 1.31. The van der Waals surface area contributed by atoms with Crippen molar-refractivity contribution in [3.8, 4) is 0 Å². The number of fused-ring (bicyclic) bond motifs is 1. The van der Waals surface area contributed by atoms with Crippen LogP contribution in [0.3, 0.4) is 0 Å². The highest BCUT2D eigenvalue weighted by Crippen LogP contribution is 2.33. The SMILES string of the molecule is CCOCC(O)CNCC1Cc2ccccc21. The molecule has 3 heteroatoms. The maximum absolute atomic E-state index is 9.59. The monoisotopic (exact) mass is 235 g/mol. The molecule has 1 aliphatic carbocycles. The fraction of sp³-hybridized carbons (Fsp3) is 0.571. The topological polar surface area (TPSA) is 41.5 Å². The molecular weight excluding hydrogens is 214 g/mol. The van der Waals surface area contributed by atoms with Crippen LogP contribution < -0.4 is 5.32 Å². The van der Waals surface area contributed by atoms with Crippen LogP contribution in [0.25, 0.3) is 0 Å². The highest BCUT2D eigenvalue weighted by molar-refractivity contribution is 5.40. The molecule has 1 aromatic carbocycles. The highest BCUT2D eigenvalue weighted by atomic mass is 16.5. The van der Waals surface area contributed by atoms with E-state index < -0.39 is 6.10 Å². The number of benzene rings is 1. The average Bonchev–Trinajstić information content (AvgIpc) is 2.32. The minimum Gasteiger partial charge on any atom is -0.389 e. The maximum Gasteiger partial charge on any atom is 0.0897 e. The van der Waals surface area contributed by atoms with Gasteiger partial charge in [-0.3, -0.25) is 0 Å². The summed E-state index contributed by atoms with van der Waals surface area (Å²) in [6.45, 7) is 4.57. The van der Waals surface area contributed by atoms with Gasteiger partial charge in [0.2, 0.25) is 0 Å². The van der Waals surface area contributed by atoms with Gasteiger partial charge in [-0.15, -0.1) is 0 Å². The molecule has 0 saturated heterocycles. The first kappa shape index (κ1) is 12.6. The van der Waals surface area contributed by atoms with Gasteiger partial charge in [0, 0.05) is 25.6 Å². The van der Waals surface area contributed by atoms with Crippen molar-refractivity contribution in [2.75, 3.05) is 26.3 Å². The van der Waals surface area contributed by atoms with Crippen LogP contribution in [0.1, 0.15) is 24.0 Å². The summed E-state index contributed by atoms with van der Waals surface area (Å²) in [4.78, 5) is 0. The summed E-state index contributed by atoms with van der Waals surface area (Å²) in [5.74, 6) is 0.616. The molecule has 0 fully saturated rings. The number of aliphatic hydroxyl groups is 1. The molecule has 0 heterocycles. The molecule has 0 amide bonds. The molecular formula is C14H21NO2. The summed E-state index contributed by atoms with van der Waals surface area (Å²) in [7, 11) is 0. The van der Waals surface area contributed by atoms with E-state index in [4.69, 9.17) is 4.74 Å². The molecule has 2 rings (SSSR count). The Labute approximate surface area is 103 Å². The van der Waals surface area contributed by atoms with Crippen LogP contribution in [0, 0.1) is 0 Å². The quantitative estimate of drug-likeness (QED) is 0.749. The van der Waals surface area contributed by atoms with Crippen LogP contribution in [0.2, 0.25) is 0 Å². The van der Waals surface area contributed by atoms with E-state index in [2.05, 4.69) is 29.6 Å². The fourth-order valence-electron chi connectivity index (χ4n) is 2.28. The normalized spacial score (nSPS) is 19.5. The second-order valence-electron chi connectivity index (χ2n) is 4.57. The van der Waals surface area contributed by atoms with Gasteiger partial charge in [-0.25, -0.2) is 0 Å². The zero-order chi connectivity index (χ0) is 12.1. The van der Waals surface area contributed by atoms with Gasteiger partial charge in [0.25, 0.3) is 0 Å². The third-order valence-corrected chi connectivity index (χ3v) is 3.25. The molecule has 2 atom stereocenters. The first-order valence-electron chi connectivity index (χ1n) is 6.35. The minimum absolute atomic E-state index is 0.398. The van der Waals surface area contributed by atoms with Gasteiger partial charge in [-0.05, 0) is 24.5 Å². The molecule has 2 unspecified atom stereocenters. The van der Waals surface area contributed by atoms with Crippen molar-refractivity contribution in [3.63, 3.8) is 0 Å². The summed E-state index contributed by atoms with van der Waals surface area (Å²) in [6.07, 6.45) is 0.760. The Morgan fingerprint density at radius 3 is 3.06 bits per heavy atom. The lowest BCUT2D eigenvalue weighted by molar-refractivity contribution is 0.0427. The molecule has 0 saturated carbocycles. The third kappa shape index (κ3) is 3.28. The standard InChI is InChI=1S/C14H21NO2/c1-2-17-10-13(16)9-15-8-12-7-11-5-3-4-6-14(11)12/h3-6,12-13,15-16H,2,7-10H2,1H3. The Morgan fingerprint density at radius 2 is 2.29 bits per heavy atom. The van der Waals surface area contributed by atoms with Crippen molar-refractivity contribution in [2.24, 2.45) is 0 Å². The predicted molar refractivity (Wildman–Crippen MR) is 68.3 cm³/mol. The summed E-state index contributed by atoms with van der Waals surface area (Å²) >= 11 is 0. The minimum atomic E-state index is -0.398. The van der Waals surface area contributed by atoms with E-state index in [9.17, 15) is 5.11 Å². The molecule has 2 N–H and O–H groups in total. The molecule has 17 heavy (non-hydrogen) atoms. The molecule has 0 aliphatic heterocycles. The molecule has 94 valence electrons. The Kier molecular flexibility index (Phi) is 4.54. The summed E-state index contributed by atoms with van der Waals surface area (Å²) in [6, 6.07) is 8.57. The lowest BCUT2D eigenvalue weighted by atomic mass is 9.77. The smallest absolute Gasteiger partial charge is 0.0897 e. The van der Waals surface area contributed by atoms with Crippen molar-refractivity contribution in [1.82, 2.24) is 5.32 Å². The van der Waals surface area contributed by atoms with Crippen molar-refractivity contribution >= 4 is 0 Å². The highest BCUT2D eigenvalue weighted by Gasteiger charge is 2.24. The Balaban J connectivity index is 1.65. The lowest BCUT2D eigenvalue weighted by Gasteiger charge is -2.30. The van der Waals surface area contributed by atoms with Gasteiger partial charge in [0.15, 0.2) is 0 Å². The molecule has 0 bridgehead atoms. The first-order chi connectivity index (χ1) is 8.31. The second kappa shape index (κ2) is 6.15. The zero-order valence-electron chi connectivity index (χ0n) is 10.4. The van der Waals surface area contributed by atoms with E-state index in [1.165, 1.54) is 11.1 Å². The Morgan fingerprint density at radius 1 is 1.47 bits per heavy atom. The molecule has 3 nitrogen and oxygen atoms in total. The number of aliphatic hydroxyl groups excluding tert-OH is 1. The van der Waals surface area contributed by atoms with Crippen LogP contribution in [-0.2, 0) is 11.2 Å². The summed E-state index contributed by atoms with van der Waals surface area (Å²) in [5, 5.41) is 12.9. The van der Waals surface area contributed by atoms with Gasteiger partial charge < -0.3 is 15.2 Å². The van der Waals surface area contributed by atoms with Crippen LogP contribution >= 0.6 is 0 Å². The van der Waals surface area contributed by atoms with Crippen molar-refractivity contribution < 1.29 is 9.84 Å². The number of rotatable bonds is 7. The fourth-order valence-corrected chi connectivity index (χ4v) is 2.28. The van der Waals surface area contributed by atoms with E-state index in [1.807, 2.05) is 6.92 Å². The molecule has 0 radical (unpaired) electrons. The molecule has 0 spiro atoms. The van der Waals surface area contributed by atoms with Gasteiger partial charge in [0.1, 0.15) is 0 Å². The van der Waals surface area contributed by atoms with Crippen molar-refractivity contribution in [2.45, 2.75) is 25.4 Å². The van der Waals surface area contributed by atoms with Crippen LogP contribution in [0.4, 0.5) is 0 Å². The van der Waals surface area contributed by atoms with E-state index in [1.54, 1.807) is 0 Å². The van der Waals surface area contributed by atoms with Crippen LogP contribution in [0.15, 0.2) is 24.3 Å². The Bertz CT molecular complexity index is 354. The summed E-state index contributed by atoms with van der Waals surface area (Å²) in [5.41, 5.74) is 2.92. The summed E-state index contributed by atoms with van der Waals surface area (Å²) < 4.78 is 5.16. The third-order valence-electron chi connectivity index (χ3n) is 3.25. The maximum atomic E-state index is 9.59. The van der Waals surface area contributed by atoms with E-state index in [-0.39, 0.29) is 0 Å². The number of hydrogen-bond acceptors (Lipinski definition) is 3. The zero-order valence-corrected chi connectivity index (χ0v) is 10.4. The van der Waals surface area contributed by atoms with Gasteiger partial charge in [0.05, 0.1) is 12.7 Å². The van der Waals surface area contributed by atoms with Crippen molar-refractivity contribution in [1.29, 1.82) is 0 Å². The second-order valence-corrected chi connectivity index (χ2v) is 4.57. The van der Waals surface area contributed by atoms with Gasteiger partial charge >= 0.3 is 0 Å². The van der Waals surface area contributed by atoms with E-state index >= 15 is 0 Å². The molecule has 1 aliphatic rings. The number of ether oxygens (including phenoxy) is 1. The number of nitrogens with one attached hydrogen (secondary N) is 1. The first-order valence-corrected chi connectivity index (χ1v) is 6.35. The van der Waals surface area contributed by atoms with E-state index in [0.717, 1.165) is 13.0 Å². The molecule has 1 aromatic rings. The van der Waals surface area contributed by atoms with Gasteiger partial charge in [-0.2, -0.15) is 0 Å².